The molecule has 1 aromatic heterocycles. The summed E-state index contributed by atoms with van der Waals surface area (Å²) in [5.41, 5.74) is 1.52. The fourth-order valence-corrected chi connectivity index (χ4v) is 1.39. The molecule has 2 heterocycles. The third-order valence-electron chi connectivity index (χ3n) is 2.00. The van der Waals surface area contributed by atoms with Crippen molar-refractivity contribution in [1.29, 1.82) is 0 Å². The van der Waals surface area contributed by atoms with Gasteiger partial charge in [0.1, 0.15) is 18.7 Å². The van der Waals surface area contributed by atoms with E-state index >= 15 is 0 Å². The van der Waals surface area contributed by atoms with E-state index in [1.54, 1.807) is 6.07 Å². The molecule has 0 saturated carbocycles. The third-order valence-corrected chi connectivity index (χ3v) is 2.00. The molecule has 0 unspecified atom stereocenters. The number of hydrogen-bond acceptors (Lipinski definition) is 4. The molecule has 0 fully saturated rings. The first-order valence-electron chi connectivity index (χ1n) is 4.06. The summed E-state index contributed by atoms with van der Waals surface area (Å²) in [5, 5.41) is 0. The number of hydrogen-bond donors (Lipinski definition) is 0. The molecule has 0 aliphatic carbocycles. The molecular weight excluding hydrogens is 170 g/mol. The summed E-state index contributed by atoms with van der Waals surface area (Å²) in [6.45, 7) is 1.18. The molecule has 3 rings (SSSR count). The Hall–Kier alpha value is -1.71. The van der Waals surface area contributed by atoms with Crippen LogP contribution in [0.1, 0.15) is 0 Å². The fraction of sp³-hybridized carbons (Fsp3) is 0.222. The highest BCUT2D eigenvalue weighted by Gasteiger charge is 2.13. The van der Waals surface area contributed by atoms with Gasteiger partial charge < -0.3 is 13.9 Å². The number of ether oxygens (including phenoxy) is 2. The first-order valence-corrected chi connectivity index (χ1v) is 4.06. The number of nitrogens with zero attached hydrogens (tertiary/aromatic N) is 1. The van der Waals surface area contributed by atoms with E-state index in [9.17, 15) is 0 Å². The first kappa shape index (κ1) is 6.77. The van der Waals surface area contributed by atoms with Crippen molar-refractivity contribution in [1.82, 2.24) is 4.98 Å². The third kappa shape index (κ3) is 0.950. The number of fused-ring (bicyclic) bond motifs is 2. The lowest BCUT2D eigenvalue weighted by atomic mass is 10.3. The summed E-state index contributed by atoms with van der Waals surface area (Å²) in [6, 6.07) is 3.63. The van der Waals surface area contributed by atoms with E-state index in [0.717, 1.165) is 22.6 Å². The van der Waals surface area contributed by atoms with Crippen LogP contribution in [-0.2, 0) is 0 Å². The van der Waals surface area contributed by atoms with Crippen molar-refractivity contribution in [2.75, 3.05) is 13.2 Å². The quantitative estimate of drug-likeness (QED) is 0.613. The summed E-state index contributed by atoms with van der Waals surface area (Å²) in [6.07, 6.45) is 1.41. The number of benzene rings is 1. The summed E-state index contributed by atoms with van der Waals surface area (Å²) in [7, 11) is 0. The lowest BCUT2D eigenvalue weighted by molar-refractivity contribution is 0.172. The first-order chi connectivity index (χ1) is 6.43. The van der Waals surface area contributed by atoms with E-state index in [4.69, 9.17) is 13.9 Å². The Morgan fingerprint density at radius 1 is 1.08 bits per heavy atom. The van der Waals surface area contributed by atoms with Crippen LogP contribution < -0.4 is 9.47 Å². The maximum atomic E-state index is 5.39. The highest BCUT2D eigenvalue weighted by atomic mass is 16.6. The average Bonchev–Trinajstić information content (AvgIpc) is 2.61. The van der Waals surface area contributed by atoms with Crippen molar-refractivity contribution in [3.8, 4) is 11.5 Å². The van der Waals surface area contributed by atoms with Gasteiger partial charge in [0.15, 0.2) is 23.5 Å². The molecule has 13 heavy (non-hydrogen) atoms. The fourth-order valence-electron chi connectivity index (χ4n) is 1.39. The molecule has 0 atom stereocenters. The van der Waals surface area contributed by atoms with Crippen molar-refractivity contribution in [3.05, 3.63) is 18.5 Å². The Kier molecular flexibility index (Phi) is 1.24. The minimum Gasteiger partial charge on any atom is -0.486 e. The van der Waals surface area contributed by atoms with E-state index in [-0.39, 0.29) is 0 Å². The van der Waals surface area contributed by atoms with Crippen molar-refractivity contribution in [2.24, 2.45) is 0 Å². The van der Waals surface area contributed by atoms with Gasteiger partial charge in [-0.2, -0.15) is 0 Å². The topological polar surface area (TPSA) is 44.5 Å². The average molecular weight is 177 g/mol. The molecule has 4 nitrogen and oxygen atoms in total. The second kappa shape index (κ2) is 2.39. The molecule has 66 valence electrons. The Morgan fingerprint density at radius 2 is 1.85 bits per heavy atom. The maximum Gasteiger partial charge on any atom is 0.181 e. The van der Waals surface area contributed by atoms with Crippen LogP contribution in [0.2, 0.25) is 0 Å². The molecule has 0 amide bonds. The molecule has 1 aliphatic heterocycles. The SMILES string of the molecule is c1nc2cc3c(cc2o1)OCCO3. The minimum absolute atomic E-state index is 0.590. The van der Waals surface area contributed by atoms with Crippen LogP contribution in [0.5, 0.6) is 11.5 Å². The van der Waals surface area contributed by atoms with Crippen LogP contribution >= 0.6 is 0 Å². The molecule has 1 aliphatic rings. The summed E-state index contributed by atoms with van der Waals surface area (Å²) in [5.74, 6) is 1.48. The second-order valence-corrected chi connectivity index (χ2v) is 2.82. The van der Waals surface area contributed by atoms with E-state index in [1.807, 2.05) is 6.07 Å². The summed E-state index contributed by atoms with van der Waals surface area (Å²) < 4.78 is 15.9. The number of oxazole rings is 1. The van der Waals surface area contributed by atoms with Crippen molar-refractivity contribution in [2.45, 2.75) is 0 Å². The normalized spacial score (nSPS) is 14.8. The molecule has 0 bridgehead atoms. The predicted molar refractivity (Wildman–Crippen MR) is 45.0 cm³/mol. The van der Waals surface area contributed by atoms with Gasteiger partial charge in [0.05, 0.1) is 0 Å². The zero-order valence-electron chi connectivity index (χ0n) is 6.82. The molecule has 0 saturated heterocycles. The van der Waals surface area contributed by atoms with E-state index < -0.39 is 0 Å². The molecule has 1 aromatic carbocycles. The van der Waals surface area contributed by atoms with Crippen LogP contribution in [0.25, 0.3) is 11.1 Å². The molecule has 2 aromatic rings. The van der Waals surface area contributed by atoms with Crippen molar-refractivity contribution >= 4 is 11.1 Å². The zero-order chi connectivity index (χ0) is 8.67. The Balaban J connectivity index is 2.28. The van der Waals surface area contributed by atoms with Gasteiger partial charge >= 0.3 is 0 Å². The summed E-state index contributed by atoms with van der Waals surface area (Å²) in [4.78, 5) is 4.02. The van der Waals surface area contributed by atoms with E-state index in [1.165, 1.54) is 6.39 Å². The molecular formula is C9H7NO3. The molecule has 0 radical (unpaired) electrons. The lowest BCUT2D eigenvalue weighted by Crippen LogP contribution is -2.15. The smallest absolute Gasteiger partial charge is 0.181 e. The van der Waals surface area contributed by atoms with Gasteiger partial charge in [-0.05, 0) is 0 Å². The molecule has 4 heteroatoms. The van der Waals surface area contributed by atoms with Crippen LogP contribution in [0, 0.1) is 0 Å². The van der Waals surface area contributed by atoms with Gasteiger partial charge in [0, 0.05) is 12.1 Å². The monoisotopic (exact) mass is 177 g/mol. The second-order valence-electron chi connectivity index (χ2n) is 2.82. The predicted octanol–water partition coefficient (Wildman–Crippen LogP) is 1.60. The van der Waals surface area contributed by atoms with Gasteiger partial charge in [-0.25, -0.2) is 4.98 Å². The van der Waals surface area contributed by atoms with Crippen LogP contribution in [0.4, 0.5) is 0 Å². The van der Waals surface area contributed by atoms with Crippen molar-refractivity contribution < 1.29 is 13.9 Å². The minimum atomic E-state index is 0.590. The molecule has 0 spiro atoms. The highest BCUT2D eigenvalue weighted by Crippen LogP contribution is 2.33. The number of rotatable bonds is 0. The Bertz CT molecular complexity index is 409. The van der Waals surface area contributed by atoms with Gasteiger partial charge in [0.2, 0.25) is 0 Å². The zero-order valence-corrected chi connectivity index (χ0v) is 6.82. The van der Waals surface area contributed by atoms with Crippen LogP contribution in [-0.4, -0.2) is 18.2 Å². The largest absolute Gasteiger partial charge is 0.486 e. The highest BCUT2D eigenvalue weighted by molar-refractivity contribution is 5.77. The van der Waals surface area contributed by atoms with Gasteiger partial charge in [-0.15, -0.1) is 0 Å². The van der Waals surface area contributed by atoms with Crippen LogP contribution in [0.3, 0.4) is 0 Å². The summed E-state index contributed by atoms with van der Waals surface area (Å²) >= 11 is 0. The number of aromatic nitrogens is 1. The Morgan fingerprint density at radius 3 is 2.69 bits per heavy atom. The van der Waals surface area contributed by atoms with Gasteiger partial charge in [-0.1, -0.05) is 0 Å². The standard InChI is InChI=1S/C9H7NO3/c1-2-12-9-4-7-6(10-5-13-7)3-8(9)11-1/h3-5H,1-2H2. The van der Waals surface area contributed by atoms with Gasteiger partial charge in [0.25, 0.3) is 0 Å². The van der Waals surface area contributed by atoms with Crippen molar-refractivity contribution in [3.63, 3.8) is 0 Å². The lowest BCUT2D eigenvalue weighted by Gasteiger charge is -2.17. The molecule has 0 N–H and O–H groups in total. The maximum absolute atomic E-state index is 5.39. The Labute approximate surface area is 74.1 Å². The van der Waals surface area contributed by atoms with E-state index in [2.05, 4.69) is 4.98 Å². The van der Waals surface area contributed by atoms with Gasteiger partial charge in [-0.3, -0.25) is 0 Å². The van der Waals surface area contributed by atoms with Crippen LogP contribution in [0.15, 0.2) is 22.9 Å². The van der Waals surface area contributed by atoms with E-state index in [0.29, 0.717) is 13.2 Å².